The average molecular weight is 509 g/mol. The second kappa shape index (κ2) is 11.9. The zero-order chi connectivity index (χ0) is 27.2. The first-order valence-corrected chi connectivity index (χ1v) is 13.8. The molecule has 0 aliphatic heterocycles. The molecule has 0 saturated carbocycles. The fraction of sp³-hybridized carbons (Fsp3) is 0.135. The molecule has 0 N–H and O–H groups in total. The molecule has 0 aliphatic carbocycles. The maximum absolute atomic E-state index is 2.34. The van der Waals surface area contributed by atoms with Gasteiger partial charge in [0, 0.05) is 35.5 Å². The van der Waals surface area contributed by atoms with Crippen LogP contribution in [0.4, 0.5) is 28.4 Å². The highest BCUT2D eigenvalue weighted by Gasteiger charge is 2.14. The zero-order valence-corrected chi connectivity index (χ0v) is 23.3. The molecule has 6 rings (SSSR count). The molecule has 0 aliphatic rings. The number of fused-ring (bicyclic) bond motifs is 2. The minimum absolute atomic E-state index is 1.13. The number of aryl methyl sites for hydroxylation is 1. The molecular formula is C37H36N2. The van der Waals surface area contributed by atoms with Gasteiger partial charge in [-0.15, -0.1) is 0 Å². The van der Waals surface area contributed by atoms with Crippen LogP contribution in [0.25, 0.3) is 21.5 Å². The number of hydrogen-bond acceptors (Lipinski definition) is 2. The quantitative estimate of drug-likeness (QED) is 0.228. The highest BCUT2D eigenvalue weighted by molar-refractivity contribution is 5.92. The van der Waals surface area contributed by atoms with Crippen LogP contribution in [0.1, 0.15) is 25.8 Å². The number of rotatable bonds is 5. The Bertz CT molecular complexity index is 1590. The largest absolute Gasteiger partial charge is 0.345 e. The van der Waals surface area contributed by atoms with Gasteiger partial charge in [0.2, 0.25) is 0 Å². The minimum atomic E-state index is 1.13. The summed E-state index contributed by atoms with van der Waals surface area (Å²) in [6.45, 7) is 6.37. The molecule has 2 nitrogen and oxygen atoms in total. The van der Waals surface area contributed by atoms with Crippen LogP contribution in [0.5, 0.6) is 0 Å². The monoisotopic (exact) mass is 508 g/mol. The summed E-state index contributed by atoms with van der Waals surface area (Å²) in [6.07, 6.45) is 1.25. The molecule has 6 aromatic carbocycles. The van der Waals surface area contributed by atoms with Crippen molar-refractivity contribution in [1.82, 2.24) is 0 Å². The molecule has 0 amide bonds. The summed E-state index contributed by atoms with van der Waals surface area (Å²) in [4.78, 5) is 4.56. The van der Waals surface area contributed by atoms with Gasteiger partial charge in [0.15, 0.2) is 0 Å². The molecular weight excluding hydrogens is 472 g/mol. The van der Waals surface area contributed by atoms with Crippen LogP contribution in [-0.4, -0.2) is 7.05 Å². The van der Waals surface area contributed by atoms with Crippen molar-refractivity contribution in [2.45, 2.75) is 27.2 Å². The highest BCUT2D eigenvalue weighted by atomic mass is 15.1. The lowest BCUT2D eigenvalue weighted by Crippen LogP contribution is -2.12. The lowest BCUT2D eigenvalue weighted by atomic mass is 10.1. The molecule has 39 heavy (non-hydrogen) atoms. The zero-order valence-electron chi connectivity index (χ0n) is 23.3. The van der Waals surface area contributed by atoms with Gasteiger partial charge in [-0.25, -0.2) is 0 Å². The Labute approximate surface area is 232 Å². The van der Waals surface area contributed by atoms with Crippen molar-refractivity contribution in [2.24, 2.45) is 0 Å². The Morgan fingerprint density at radius 1 is 0.436 bits per heavy atom. The van der Waals surface area contributed by atoms with E-state index in [-0.39, 0.29) is 0 Å². The predicted molar refractivity (Wildman–Crippen MR) is 171 cm³/mol. The number of nitrogens with zero attached hydrogens (tertiary/aromatic N) is 2. The summed E-state index contributed by atoms with van der Waals surface area (Å²) >= 11 is 0. The molecule has 194 valence electrons. The summed E-state index contributed by atoms with van der Waals surface area (Å²) in [5.41, 5.74) is 7.01. The highest BCUT2D eigenvalue weighted by Crippen LogP contribution is 2.38. The van der Waals surface area contributed by atoms with E-state index in [4.69, 9.17) is 0 Å². The van der Waals surface area contributed by atoms with E-state index in [1.807, 2.05) is 0 Å². The van der Waals surface area contributed by atoms with Crippen LogP contribution in [0, 0.1) is 6.92 Å². The molecule has 0 spiro atoms. The summed E-state index contributed by atoms with van der Waals surface area (Å²) in [6, 6.07) is 47.9. The summed E-state index contributed by atoms with van der Waals surface area (Å²) < 4.78 is 0. The van der Waals surface area contributed by atoms with Gasteiger partial charge < -0.3 is 9.80 Å². The minimum Gasteiger partial charge on any atom is -0.345 e. The van der Waals surface area contributed by atoms with E-state index in [0.717, 1.165) is 22.7 Å². The number of benzene rings is 6. The molecule has 0 atom stereocenters. The third kappa shape index (κ3) is 5.81. The summed E-state index contributed by atoms with van der Waals surface area (Å²) in [5, 5.41) is 4.96. The van der Waals surface area contributed by atoms with Gasteiger partial charge in [-0.1, -0.05) is 98.6 Å². The lowest BCUT2D eigenvalue weighted by Gasteiger charge is -2.27. The predicted octanol–water partition coefficient (Wildman–Crippen LogP) is 11.0. The van der Waals surface area contributed by atoms with Crippen molar-refractivity contribution in [3.63, 3.8) is 0 Å². The normalized spacial score (nSPS) is 10.7. The molecule has 0 heterocycles. The van der Waals surface area contributed by atoms with Crippen LogP contribution in [0.2, 0.25) is 0 Å². The maximum Gasteiger partial charge on any atom is 0.0468 e. The van der Waals surface area contributed by atoms with E-state index in [1.165, 1.54) is 39.2 Å². The van der Waals surface area contributed by atoms with Gasteiger partial charge in [0.05, 0.1) is 0 Å². The van der Waals surface area contributed by atoms with Crippen molar-refractivity contribution >= 4 is 50.0 Å². The summed E-state index contributed by atoms with van der Waals surface area (Å²) in [5.74, 6) is 0. The molecule has 0 bridgehead atoms. The Morgan fingerprint density at radius 3 is 1.26 bits per heavy atom. The SMILES string of the molecule is CCC.Cc1ccc(N(C)c2ccc(N(c3ccc4ccccc4c3)c3ccc4ccccc4c3)cc2)cc1. The van der Waals surface area contributed by atoms with Crippen LogP contribution in [0.15, 0.2) is 133 Å². The van der Waals surface area contributed by atoms with E-state index >= 15 is 0 Å². The Hall–Kier alpha value is -4.56. The fourth-order valence-corrected chi connectivity index (χ4v) is 4.82. The molecule has 0 unspecified atom stereocenters. The third-order valence-corrected chi connectivity index (χ3v) is 6.90. The van der Waals surface area contributed by atoms with Gasteiger partial charge in [-0.2, -0.15) is 0 Å². The van der Waals surface area contributed by atoms with E-state index in [9.17, 15) is 0 Å². The van der Waals surface area contributed by atoms with Crippen LogP contribution >= 0.6 is 0 Å². The second-order valence-electron chi connectivity index (χ2n) is 10.0. The fourth-order valence-electron chi connectivity index (χ4n) is 4.82. The molecule has 0 aromatic heterocycles. The van der Waals surface area contributed by atoms with Gasteiger partial charge in [-0.05, 0) is 89.1 Å². The Morgan fingerprint density at radius 2 is 0.795 bits per heavy atom. The average Bonchev–Trinajstić information content (AvgIpc) is 2.98. The van der Waals surface area contributed by atoms with Crippen molar-refractivity contribution in [3.8, 4) is 0 Å². The third-order valence-electron chi connectivity index (χ3n) is 6.90. The first-order chi connectivity index (χ1) is 19.1. The van der Waals surface area contributed by atoms with Crippen molar-refractivity contribution in [1.29, 1.82) is 0 Å². The Kier molecular flexibility index (Phi) is 7.94. The maximum atomic E-state index is 2.34. The van der Waals surface area contributed by atoms with Gasteiger partial charge in [0.25, 0.3) is 0 Å². The molecule has 0 radical (unpaired) electrons. The molecule has 2 heteroatoms. The van der Waals surface area contributed by atoms with Crippen molar-refractivity contribution in [2.75, 3.05) is 16.8 Å². The first kappa shape index (κ1) is 26.1. The first-order valence-electron chi connectivity index (χ1n) is 13.8. The standard InChI is InChI=1S/C34H28N2.C3H8/c1-25-11-15-30(16-12-25)35(2)31-19-21-32(22-20-31)36(33-17-13-26-7-3-5-9-28(26)23-33)34-18-14-27-8-4-6-10-29(27)24-34;1-3-2/h3-24H,1-2H3;3H2,1-2H3. The van der Waals surface area contributed by atoms with E-state index in [0.29, 0.717) is 0 Å². The van der Waals surface area contributed by atoms with Crippen molar-refractivity contribution < 1.29 is 0 Å². The molecule has 0 saturated heterocycles. The van der Waals surface area contributed by atoms with Crippen LogP contribution in [-0.2, 0) is 0 Å². The Balaban J connectivity index is 0.000000983. The van der Waals surface area contributed by atoms with Gasteiger partial charge in [0.1, 0.15) is 0 Å². The van der Waals surface area contributed by atoms with Gasteiger partial charge >= 0.3 is 0 Å². The van der Waals surface area contributed by atoms with E-state index < -0.39 is 0 Å². The number of anilines is 5. The van der Waals surface area contributed by atoms with Crippen LogP contribution in [0.3, 0.4) is 0 Å². The topological polar surface area (TPSA) is 6.48 Å². The van der Waals surface area contributed by atoms with Crippen molar-refractivity contribution in [3.05, 3.63) is 139 Å². The van der Waals surface area contributed by atoms with Gasteiger partial charge in [-0.3, -0.25) is 0 Å². The molecule has 0 fully saturated rings. The van der Waals surface area contributed by atoms with E-state index in [1.54, 1.807) is 0 Å². The number of hydrogen-bond donors (Lipinski definition) is 0. The van der Waals surface area contributed by atoms with Crippen LogP contribution < -0.4 is 9.80 Å². The smallest absolute Gasteiger partial charge is 0.0468 e. The van der Waals surface area contributed by atoms with E-state index in [2.05, 4.69) is 171 Å². The second-order valence-corrected chi connectivity index (χ2v) is 10.0. The summed E-state index contributed by atoms with van der Waals surface area (Å²) in [7, 11) is 2.12. The molecule has 6 aromatic rings. The lowest BCUT2D eigenvalue weighted by molar-refractivity contribution is 1.09.